The van der Waals surface area contributed by atoms with Gasteiger partial charge in [-0.15, -0.1) is 0 Å². The Hall–Kier alpha value is -2.27. The summed E-state index contributed by atoms with van der Waals surface area (Å²) in [6.07, 6.45) is 2.29. The molecule has 0 spiro atoms. The van der Waals surface area contributed by atoms with Gasteiger partial charge in [0.05, 0.1) is 11.7 Å². The lowest BCUT2D eigenvalue weighted by Gasteiger charge is -2.23. The summed E-state index contributed by atoms with van der Waals surface area (Å²) in [7, 11) is 0. The van der Waals surface area contributed by atoms with E-state index >= 15 is 0 Å². The van der Waals surface area contributed by atoms with Crippen LogP contribution in [-0.2, 0) is 0 Å². The number of nitrogens with zero attached hydrogens (tertiary/aromatic N) is 4. The largest absolute Gasteiger partial charge is 0.338 e. The number of benzene rings is 1. The highest BCUT2D eigenvalue weighted by atomic mass is 32.1. The van der Waals surface area contributed by atoms with Gasteiger partial charge in [0.25, 0.3) is 0 Å². The summed E-state index contributed by atoms with van der Waals surface area (Å²) >= 11 is 1.48. The van der Waals surface area contributed by atoms with Gasteiger partial charge in [-0.1, -0.05) is 36.4 Å². The number of anilines is 1. The maximum atomic E-state index is 4.77. The van der Waals surface area contributed by atoms with Crippen molar-refractivity contribution in [1.82, 2.24) is 14.3 Å². The average molecular weight is 322 g/mol. The molecule has 1 saturated heterocycles. The Morgan fingerprint density at radius 3 is 2.74 bits per heavy atom. The monoisotopic (exact) mass is 322 g/mol. The minimum atomic E-state index is 0.312. The van der Waals surface area contributed by atoms with Crippen molar-refractivity contribution in [3.8, 4) is 11.4 Å². The molecule has 23 heavy (non-hydrogen) atoms. The summed E-state index contributed by atoms with van der Waals surface area (Å²) in [5.41, 5.74) is 3.27. The molecule has 3 heterocycles. The molecule has 2 aromatic heterocycles. The van der Waals surface area contributed by atoms with E-state index in [0.29, 0.717) is 6.04 Å². The SMILES string of the molecule is Cc1cccc(C2CCCN2c2nc(-c3ccccc3)ns2)n1. The molecule has 1 aliphatic heterocycles. The minimum absolute atomic E-state index is 0.312. The van der Waals surface area contributed by atoms with Gasteiger partial charge in [0.15, 0.2) is 5.82 Å². The van der Waals surface area contributed by atoms with Crippen LogP contribution in [0.1, 0.15) is 30.3 Å². The fourth-order valence-electron chi connectivity index (χ4n) is 3.09. The van der Waals surface area contributed by atoms with Crippen LogP contribution in [0.25, 0.3) is 11.4 Å². The molecule has 1 aliphatic rings. The molecule has 0 radical (unpaired) electrons. The first-order valence-electron chi connectivity index (χ1n) is 7.90. The molecule has 116 valence electrons. The van der Waals surface area contributed by atoms with E-state index < -0.39 is 0 Å². The molecule has 1 fully saturated rings. The molecule has 1 unspecified atom stereocenters. The van der Waals surface area contributed by atoms with Gasteiger partial charge >= 0.3 is 0 Å². The Labute approximate surface area is 140 Å². The van der Waals surface area contributed by atoms with Crippen molar-refractivity contribution in [3.63, 3.8) is 0 Å². The van der Waals surface area contributed by atoms with E-state index in [4.69, 9.17) is 9.97 Å². The predicted octanol–water partition coefficient (Wildman–Crippen LogP) is 4.25. The van der Waals surface area contributed by atoms with Crippen LogP contribution in [0.5, 0.6) is 0 Å². The molecule has 0 amide bonds. The molecule has 0 aliphatic carbocycles. The molecule has 1 atom stereocenters. The summed E-state index contributed by atoms with van der Waals surface area (Å²) in [5, 5.41) is 0.995. The van der Waals surface area contributed by atoms with Crippen LogP contribution in [0.3, 0.4) is 0 Å². The topological polar surface area (TPSA) is 41.9 Å². The third kappa shape index (κ3) is 2.84. The summed E-state index contributed by atoms with van der Waals surface area (Å²) in [5.74, 6) is 0.813. The fraction of sp³-hybridized carbons (Fsp3) is 0.278. The Balaban J connectivity index is 1.63. The number of hydrogen-bond donors (Lipinski definition) is 0. The van der Waals surface area contributed by atoms with Crippen molar-refractivity contribution >= 4 is 16.7 Å². The van der Waals surface area contributed by atoms with Gasteiger partial charge in [-0.25, -0.2) is 0 Å². The first kappa shape index (κ1) is 14.3. The molecule has 5 heteroatoms. The number of pyridine rings is 1. The second kappa shape index (κ2) is 6.08. The smallest absolute Gasteiger partial charge is 0.206 e. The molecule has 1 aromatic carbocycles. The fourth-order valence-corrected chi connectivity index (χ4v) is 3.85. The highest BCUT2D eigenvalue weighted by molar-refractivity contribution is 7.09. The predicted molar refractivity (Wildman–Crippen MR) is 93.6 cm³/mol. The lowest BCUT2D eigenvalue weighted by molar-refractivity contribution is 0.690. The molecular formula is C18H18N4S. The van der Waals surface area contributed by atoms with Gasteiger partial charge in [-0.05, 0) is 31.9 Å². The molecule has 0 N–H and O–H groups in total. The van der Waals surface area contributed by atoms with Gasteiger partial charge in [-0.2, -0.15) is 9.36 Å². The lowest BCUT2D eigenvalue weighted by Crippen LogP contribution is -2.23. The first-order valence-corrected chi connectivity index (χ1v) is 8.68. The van der Waals surface area contributed by atoms with E-state index in [-0.39, 0.29) is 0 Å². The van der Waals surface area contributed by atoms with E-state index in [1.54, 1.807) is 0 Å². The average Bonchev–Trinajstić information content (AvgIpc) is 3.25. The van der Waals surface area contributed by atoms with Gasteiger partial charge < -0.3 is 4.90 Å². The first-order chi connectivity index (χ1) is 11.3. The quantitative estimate of drug-likeness (QED) is 0.723. The normalized spacial score (nSPS) is 17.6. The van der Waals surface area contributed by atoms with E-state index in [1.807, 2.05) is 31.2 Å². The van der Waals surface area contributed by atoms with E-state index in [1.165, 1.54) is 18.0 Å². The van der Waals surface area contributed by atoms with Crippen LogP contribution >= 0.6 is 11.5 Å². The second-order valence-corrected chi connectivity index (χ2v) is 6.55. The van der Waals surface area contributed by atoms with Crippen LogP contribution in [0.4, 0.5) is 5.13 Å². The second-order valence-electron chi connectivity index (χ2n) is 5.82. The summed E-state index contributed by atoms with van der Waals surface area (Å²) < 4.78 is 4.55. The van der Waals surface area contributed by atoms with E-state index in [9.17, 15) is 0 Å². The van der Waals surface area contributed by atoms with Gasteiger partial charge in [0.2, 0.25) is 5.13 Å². The van der Waals surface area contributed by atoms with Gasteiger partial charge in [-0.3, -0.25) is 4.98 Å². The zero-order chi connectivity index (χ0) is 15.6. The lowest BCUT2D eigenvalue weighted by atomic mass is 10.1. The van der Waals surface area contributed by atoms with Gasteiger partial charge in [0, 0.05) is 29.3 Å². The van der Waals surface area contributed by atoms with Crippen LogP contribution in [0, 0.1) is 6.92 Å². The van der Waals surface area contributed by atoms with Gasteiger partial charge in [0.1, 0.15) is 0 Å². The van der Waals surface area contributed by atoms with Crippen molar-refractivity contribution in [2.24, 2.45) is 0 Å². The van der Waals surface area contributed by atoms with E-state index in [0.717, 1.165) is 40.9 Å². The molecule has 0 bridgehead atoms. The number of aryl methyl sites for hydroxylation is 1. The van der Waals surface area contributed by atoms with Crippen LogP contribution in [-0.4, -0.2) is 20.9 Å². The Kier molecular flexibility index (Phi) is 3.79. The summed E-state index contributed by atoms with van der Waals surface area (Å²) in [4.78, 5) is 11.8. The maximum absolute atomic E-state index is 4.77. The zero-order valence-corrected chi connectivity index (χ0v) is 13.8. The standard InChI is InChI=1S/C18H18N4S/c1-13-7-5-10-15(19-13)16-11-6-12-22(16)18-20-17(21-23-18)14-8-3-2-4-9-14/h2-5,7-10,16H,6,11-12H2,1H3. The third-order valence-electron chi connectivity index (χ3n) is 4.20. The molecule has 4 nitrogen and oxygen atoms in total. The summed E-state index contributed by atoms with van der Waals surface area (Å²) in [6, 6.07) is 16.7. The third-order valence-corrected chi connectivity index (χ3v) is 4.95. The molecule has 0 saturated carbocycles. The van der Waals surface area contributed by atoms with E-state index in [2.05, 4.69) is 33.5 Å². The van der Waals surface area contributed by atoms with Crippen molar-refractivity contribution in [3.05, 3.63) is 59.9 Å². The van der Waals surface area contributed by atoms with Crippen molar-refractivity contribution in [1.29, 1.82) is 0 Å². The molecular weight excluding hydrogens is 304 g/mol. The molecule has 3 aromatic rings. The van der Waals surface area contributed by atoms with Crippen LogP contribution in [0.15, 0.2) is 48.5 Å². The number of rotatable bonds is 3. The maximum Gasteiger partial charge on any atom is 0.206 e. The van der Waals surface area contributed by atoms with Crippen LogP contribution in [0.2, 0.25) is 0 Å². The zero-order valence-electron chi connectivity index (χ0n) is 13.0. The number of aromatic nitrogens is 3. The van der Waals surface area contributed by atoms with Crippen molar-refractivity contribution < 1.29 is 0 Å². The Morgan fingerprint density at radius 1 is 1.04 bits per heavy atom. The number of hydrogen-bond acceptors (Lipinski definition) is 5. The van der Waals surface area contributed by atoms with Crippen LogP contribution < -0.4 is 4.90 Å². The van der Waals surface area contributed by atoms with Crippen molar-refractivity contribution in [2.75, 3.05) is 11.4 Å². The molecule has 4 rings (SSSR count). The summed E-state index contributed by atoms with van der Waals surface area (Å²) in [6.45, 7) is 3.06. The Bertz CT molecular complexity index is 800. The van der Waals surface area contributed by atoms with Crippen molar-refractivity contribution in [2.45, 2.75) is 25.8 Å². The minimum Gasteiger partial charge on any atom is -0.338 e. The highest BCUT2D eigenvalue weighted by Crippen LogP contribution is 2.37. The highest BCUT2D eigenvalue weighted by Gasteiger charge is 2.29. The Morgan fingerprint density at radius 2 is 1.91 bits per heavy atom.